The lowest BCUT2D eigenvalue weighted by molar-refractivity contribution is -0.126. The van der Waals surface area contributed by atoms with Crippen molar-refractivity contribution in [2.45, 2.75) is 44.7 Å². The van der Waals surface area contributed by atoms with E-state index in [1.807, 2.05) is 11.9 Å². The molecular formula is C26H30FN3O6. The molecule has 1 aromatic rings. The molecule has 1 aromatic carbocycles. The van der Waals surface area contributed by atoms with Gasteiger partial charge in [-0.2, -0.15) is 0 Å². The van der Waals surface area contributed by atoms with Gasteiger partial charge in [0.15, 0.2) is 11.6 Å². The highest BCUT2D eigenvalue weighted by Crippen LogP contribution is 2.50. The Labute approximate surface area is 207 Å². The number of hydrogen-bond donors (Lipinski definition) is 5. The highest BCUT2D eigenvalue weighted by molar-refractivity contribution is 6.22. The van der Waals surface area contributed by atoms with E-state index in [1.54, 1.807) is 6.92 Å². The van der Waals surface area contributed by atoms with E-state index < -0.39 is 64.2 Å². The van der Waals surface area contributed by atoms with Crippen LogP contribution >= 0.6 is 0 Å². The molecule has 10 heteroatoms. The molecule has 0 aromatic heterocycles. The van der Waals surface area contributed by atoms with Gasteiger partial charge in [0.05, 0.1) is 17.5 Å². The molecule has 1 aliphatic heterocycles. The number of amides is 1. The predicted molar refractivity (Wildman–Crippen MR) is 127 cm³/mol. The van der Waals surface area contributed by atoms with Gasteiger partial charge in [-0.3, -0.25) is 19.3 Å². The maximum absolute atomic E-state index is 15.8. The number of aromatic hydroxyl groups is 1. The summed E-state index contributed by atoms with van der Waals surface area (Å²) in [5, 5.41) is 35.8. The van der Waals surface area contributed by atoms with Crippen molar-refractivity contribution >= 4 is 17.5 Å². The van der Waals surface area contributed by atoms with Crippen LogP contribution in [0.25, 0.3) is 0 Å². The first-order chi connectivity index (χ1) is 17.1. The van der Waals surface area contributed by atoms with Crippen LogP contribution in [0.4, 0.5) is 4.39 Å². The number of hydrogen-bond acceptors (Lipinski definition) is 8. The fourth-order valence-corrected chi connectivity index (χ4v) is 6.74. The van der Waals surface area contributed by atoms with Gasteiger partial charge in [-0.1, -0.05) is 6.92 Å². The molecule has 5 rings (SSSR count). The van der Waals surface area contributed by atoms with Crippen LogP contribution < -0.4 is 11.1 Å². The number of halogens is 1. The minimum Gasteiger partial charge on any atom is -0.511 e. The summed E-state index contributed by atoms with van der Waals surface area (Å²) in [6.45, 7) is 2.98. The predicted octanol–water partition coefficient (Wildman–Crippen LogP) is 1.96. The lowest BCUT2D eigenvalue weighted by Gasteiger charge is -2.44. The number of fused-ring (bicyclic) bond motifs is 3. The highest BCUT2D eigenvalue weighted by atomic mass is 19.1. The van der Waals surface area contributed by atoms with Gasteiger partial charge in [-0.15, -0.1) is 0 Å². The number of carbonyl (C=O) groups excluding carboxylic acids is 3. The van der Waals surface area contributed by atoms with E-state index in [4.69, 9.17) is 5.73 Å². The normalized spacial score (nSPS) is 30.4. The van der Waals surface area contributed by atoms with E-state index in [-0.39, 0.29) is 41.3 Å². The molecule has 1 fully saturated rings. The maximum atomic E-state index is 15.8. The van der Waals surface area contributed by atoms with E-state index in [0.29, 0.717) is 12.1 Å². The fraction of sp³-hybridized carbons (Fsp3) is 0.500. The molecule has 4 aliphatic rings. The van der Waals surface area contributed by atoms with Gasteiger partial charge < -0.3 is 26.4 Å². The number of allylic oxidation sites excluding steroid dienone is 2. The summed E-state index contributed by atoms with van der Waals surface area (Å²) < 4.78 is 15.8. The van der Waals surface area contributed by atoms with E-state index >= 15 is 4.39 Å². The van der Waals surface area contributed by atoms with Gasteiger partial charge in [-0.05, 0) is 63.7 Å². The molecule has 0 spiro atoms. The number of nitrogens with zero attached hydrogens (tertiary/aromatic N) is 1. The Kier molecular flexibility index (Phi) is 5.91. The molecule has 6 N–H and O–H groups in total. The van der Waals surface area contributed by atoms with Crippen molar-refractivity contribution in [3.8, 4) is 5.75 Å². The molecule has 0 radical (unpaired) electrons. The zero-order valence-electron chi connectivity index (χ0n) is 20.2. The number of aliphatic hydroxyl groups is 2. The number of primary amides is 1. The molecule has 1 saturated heterocycles. The number of carbonyl (C=O) groups is 3. The smallest absolute Gasteiger partial charge is 0.255 e. The Balaban J connectivity index is 1.63. The maximum Gasteiger partial charge on any atom is 0.255 e. The number of rotatable bonds is 4. The first-order valence-corrected chi connectivity index (χ1v) is 12.3. The van der Waals surface area contributed by atoms with Crippen LogP contribution in [0.2, 0.25) is 0 Å². The quantitative estimate of drug-likeness (QED) is 0.394. The Morgan fingerprint density at radius 3 is 2.58 bits per heavy atom. The topological polar surface area (TPSA) is 153 Å². The van der Waals surface area contributed by atoms with Crippen LogP contribution in [-0.2, 0) is 16.0 Å². The average molecular weight is 500 g/mol. The summed E-state index contributed by atoms with van der Waals surface area (Å²) in [4.78, 5) is 40.7. The van der Waals surface area contributed by atoms with Crippen LogP contribution in [0.15, 0.2) is 28.7 Å². The number of aliphatic hydroxyl groups excluding tert-OH is 2. The van der Waals surface area contributed by atoms with Gasteiger partial charge in [0.1, 0.15) is 28.7 Å². The molecule has 36 heavy (non-hydrogen) atoms. The molecule has 1 unspecified atom stereocenters. The number of phenols is 1. The van der Waals surface area contributed by atoms with Gasteiger partial charge in [-0.25, -0.2) is 4.39 Å². The van der Waals surface area contributed by atoms with Crippen molar-refractivity contribution < 1.29 is 34.1 Å². The van der Waals surface area contributed by atoms with E-state index in [0.717, 1.165) is 19.4 Å². The minimum absolute atomic E-state index is 0.0491. The second-order valence-electron chi connectivity index (χ2n) is 10.2. The van der Waals surface area contributed by atoms with Crippen LogP contribution in [0.5, 0.6) is 5.75 Å². The number of likely N-dealkylation sites (tertiary alicyclic amines) is 1. The summed E-state index contributed by atoms with van der Waals surface area (Å²) in [7, 11) is 1.89. The van der Waals surface area contributed by atoms with Crippen molar-refractivity contribution in [2.24, 2.45) is 23.5 Å². The third-order valence-electron chi connectivity index (χ3n) is 8.31. The van der Waals surface area contributed by atoms with Crippen LogP contribution in [0.3, 0.4) is 0 Å². The summed E-state index contributed by atoms with van der Waals surface area (Å²) in [6.07, 6.45) is 1.86. The second kappa shape index (κ2) is 8.70. The molecular weight excluding hydrogens is 469 g/mol. The van der Waals surface area contributed by atoms with Crippen LogP contribution in [-0.4, -0.2) is 63.9 Å². The van der Waals surface area contributed by atoms with E-state index in [1.165, 1.54) is 6.07 Å². The largest absolute Gasteiger partial charge is 0.511 e. The second-order valence-corrected chi connectivity index (χ2v) is 10.2. The summed E-state index contributed by atoms with van der Waals surface area (Å²) in [5.41, 5.74) is 4.95. The van der Waals surface area contributed by atoms with Crippen LogP contribution in [0.1, 0.15) is 53.7 Å². The number of Topliss-reactive ketones (excluding diaryl/α,β-unsaturated/α-hetero) is 2. The number of nitrogens with one attached hydrogen (secondary N) is 1. The van der Waals surface area contributed by atoms with Gasteiger partial charge >= 0.3 is 0 Å². The third-order valence-corrected chi connectivity index (χ3v) is 8.31. The van der Waals surface area contributed by atoms with Crippen molar-refractivity contribution in [1.82, 2.24) is 10.2 Å². The fourth-order valence-electron chi connectivity index (χ4n) is 6.74. The lowest BCUT2D eigenvalue weighted by Crippen LogP contribution is -2.53. The number of nitrogens with two attached hydrogens (primary N) is 1. The Morgan fingerprint density at radius 2 is 1.97 bits per heavy atom. The number of ketones is 2. The summed E-state index contributed by atoms with van der Waals surface area (Å²) >= 11 is 0. The molecule has 192 valence electrons. The zero-order valence-corrected chi connectivity index (χ0v) is 20.2. The Morgan fingerprint density at radius 1 is 1.25 bits per heavy atom. The van der Waals surface area contributed by atoms with Crippen LogP contribution in [0, 0.1) is 23.6 Å². The minimum atomic E-state index is -1.26. The zero-order chi connectivity index (χ0) is 26.0. The van der Waals surface area contributed by atoms with Gasteiger partial charge in [0.25, 0.3) is 5.91 Å². The number of phenolic OH excluding ortho intramolecular Hbond substituents is 1. The van der Waals surface area contributed by atoms with Crippen molar-refractivity contribution in [3.05, 3.63) is 51.2 Å². The van der Waals surface area contributed by atoms with Gasteiger partial charge in [0, 0.05) is 22.7 Å². The molecule has 9 nitrogen and oxygen atoms in total. The highest BCUT2D eigenvalue weighted by Gasteiger charge is 2.54. The number of likely N-dealkylation sites (N-methyl/N-ethyl adjacent to an activating group) is 1. The third kappa shape index (κ3) is 3.38. The molecule has 1 heterocycles. The monoisotopic (exact) mass is 499 g/mol. The molecule has 5 atom stereocenters. The van der Waals surface area contributed by atoms with Crippen molar-refractivity contribution in [1.29, 1.82) is 0 Å². The molecule has 0 bridgehead atoms. The van der Waals surface area contributed by atoms with E-state index in [2.05, 4.69) is 5.32 Å². The summed E-state index contributed by atoms with van der Waals surface area (Å²) in [5.74, 6) is -7.15. The summed E-state index contributed by atoms with van der Waals surface area (Å²) in [6, 6.07) is 0.235. The molecule has 3 aliphatic carbocycles. The van der Waals surface area contributed by atoms with Crippen molar-refractivity contribution in [2.75, 3.05) is 20.1 Å². The SMILES string of the molecule is CCN[C@@H]1C(O)=C(C(N)=O)C(=O)[C@H]2C(O)=C3C(=O)c4c(O)cc(C5CCCN5C)c(F)c4C[C@H]3C[C@H]21. The standard InChI is InChI=1S/C26H30FN3O6/c1-3-29-21-13-8-10-7-12-17(15(31)9-11(20(12)27)14-5-4-6-30(14)2)22(32)16(10)23(33)18(13)24(34)19(25(21)35)26(28)36/h9-10,13-14,18,21,29,31,33,35H,3-8H2,1-2H3,(H2,28,36)/t10-,13+,14?,18+,21-/m0/s1. The van der Waals surface area contributed by atoms with Gasteiger partial charge in [0.2, 0.25) is 0 Å². The Bertz CT molecular complexity index is 1250. The number of benzene rings is 1. The first kappa shape index (κ1) is 24.5. The van der Waals surface area contributed by atoms with E-state index in [9.17, 15) is 29.7 Å². The molecule has 0 saturated carbocycles. The first-order valence-electron chi connectivity index (χ1n) is 12.3. The average Bonchev–Trinajstić information content (AvgIpc) is 3.23. The Hall–Kier alpha value is -3.24. The lowest BCUT2D eigenvalue weighted by atomic mass is 9.61. The van der Waals surface area contributed by atoms with Crippen molar-refractivity contribution in [3.63, 3.8) is 0 Å². The molecule has 1 amide bonds.